The molecular weight excluding hydrogens is 373 g/mol. The fraction of sp³-hybridized carbons (Fsp3) is 0.190. The van der Waals surface area contributed by atoms with Crippen molar-refractivity contribution in [1.82, 2.24) is 20.3 Å². The van der Waals surface area contributed by atoms with Gasteiger partial charge in [-0.1, -0.05) is 19.9 Å². The normalized spacial score (nSPS) is 10.3. The lowest BCUT2D eigenvalue weighted by Gasteiger charge is -2.09. The molecule has 3 N–H and O–H groups in total. The summed E-state index contributed by atoms with van der Waals surface area (Å²) in [5.74, 6) is -0.211. The number of nitrogens with one attached hydrogen (secondary N) is 3. The average Bonchev–Trinajstić information content (AvgIpc) is 3.38. The quantitative estimate of drug-likeness (QED) is 0.455. The van der Waals surface area contributed by atoms with Crippen LogP contribution in [0.3, 0.4) is 0 Å². The van der Waals surface area contributed by atoms with Gasteiger partial charge in [-0.3, -0.25) is 9.78 Å². The first-order valence-corrected chi connectivity index (χ1v) is 9.28. The van der Waals surface area contributed by atoms with E-state index in [-0.39, 0.29) is 18.0 Å². The highest BCUT2D eigenvalue weighted by molar-refractivity contribution is 6.07. The SMILES string of the molecule is CC.Cc1ccc(Nc2c(C(=O)NCc3ncc[nH]3)oc3ccncc23)c(F)c1. The lowest BCUT2D eigenvalue weighted by molar-refractivity contribution is 0.0925. The molecule has 0 aliphatic carbocycles. The first-order chi connectivity index (χ1) is 14.1. The zero-order valence-corrected chi connectivity index (χ0v) is 16.4. The molecule has 4 rings (SSSR count). The van der Waals surface area contributed by atoms with Gasteiger partial charge in [0.2, 0.25) is 5.76 Å². The predicted octanol–water partition coefficient (Wildman–Crippen LogP) is 4.70. The van der Waals surface area contributed by atoms with E-state index in [4.69, 9.17) is 4.42 Å². The van der Waals surface area contributed by atoms with Gasteiger partial charge in [-0.25, -0.2) is 9.37 Å². The summed E-state index contributed by atoms with van der Waals surface area (Å²) in [5.41, 5.74) is 1.88. The zero-order valence-electron chi connectivity index (χ0n) is 16.4. The van der Waals surface area contributed by atoms with Crippen molar-refractivity contribution in [3.05, 3.63) is 72.0 Å². The summed E-state index contributed by atoms with van der Waals surface area (Å²) in [6, 6.07) is 6.46. The van der Waals surface area contributed by atoms with Gasteiger partial charge in [0.05, 0.1) is 17.6 Å². The van der Waals surface area contributed by atoms with Gasteiger partial charge >= 0.3 is 0 Å². The summed E-state index contributed by atoms with van der Waals surface area (Å²) in [6.45, 7) is 6.01. The molecular formula is C21H22FN5O2. The molecule has 8 heteroatoms. The molecule has 0 aliphatic heterocycles. The maximum Gasteiger partial charge on any atom is 0.289 e. The number of pyridine rings is 1. The molecule has 0 atom stereocenters. The number of aromatic amines is 1. The number of furan rings is 1. The number of carbonyl (C=O) groups excluding carboxylic acids is 1. The number of nitrogens with zero attached hydrogens (tertiary/aromatic N) is 2. The van der Waals surface area contributed by atoms with Gasteiger partial charge < -0.3 is 20.0 Å². The van der Waals surface area contributed by atoms with Crippen molar-refractivity contribution in [3.63, 3.8) is 0 Å². The highest BCUT2D eigenvalue weighted by Gasteiger charge is 2.22. The second-order valence-electron chi connectivity index (χ2n) is 6.00. The Morgan fingerprint density at radius 3 is 2.79 bits per heavy atom. The number of hydrogen-bond acceptors (Lipinski definition) is 5. The smallest absolute Gasteiger partial charge is 0.289 e. The molecule has 0 saturated carbocycles. The van der Waals surface area contributed by atoms with E-state index in [0.717, 1.165) is 5.56 Å². The number of halogens is 1. The molecule has 0 saturated heterocycles. The Balaban J connectivity index is 0.00000117. The first kappa shape index (κ1) is 20.1. The minimum Gasteiger partial charge on any atom is -0.448 e. The van der Waals surface area contributed by atoms with E-state index in [1.54, 1.807) is 49.9 Å². The Morgan fingerprint density at radius 2 is 2.07 bits per heavy atom. The van der Waals surface area contributed by atoms with Gasteiger partial charge in [-0.2, -0.15) is 0 Å². The summed E-state index contributed by atoms with van der Waals surface area (Å²) in [5, 5.41) is 6.29. The molecule has 1 amide bonds. The number of aryl methyl sites for hydroxylation is 1. The molecule has 3 aromatic heterocycles. The van der Waals surface area contributed by atoms with Crippen molar-refractivity contribution in [2.24, 2.45) is 0 Å². The largest absolute Gasteiger partial charge is 0.448 e. The van der Waals surface area contributed by atoms with E-state index in [9.17, 15) is 9.18 Å². The second-order valence-corrected chi connectivity index (χ2v) is 6.00. The molecule has 0 spiro atoms. The van der Waals surface area contributed by atoms with E-state index in [2.05, 4.69) is 25.6 Å². The van der Waals surface area contributed by atoms with Crippen LogP contribution in [0.25, 0.3) is 11.0 Å². The number of anilines is 2. The number of fused-ring (bicyclic) bond motifs is 1. The van der Waals surface area contributed by atoms with Crippen LogP contribution >= 0.6 is 0 Å². The molecule has 0 aliphatic rings. The lowest BCUT2D eigenvalue weighted by Crippen LogP contribution is -2.23. The molecule has 0 fully saturated rings. The van der Waals surface area contributed by atoms with Crippen LogP contribution in [0, 0.1) is 12.7 Å². The first-order valence-electron chi connectivity index (χ1n) is 9.28. The summed E-state index contributed by atoms with van der Waals surface area (Å²) < 4.78 is 20.0. The van der Waals surface area contributed by atoms with Gasteiger partial charge in [0, 0.05) is 24.8 Å². The molecule has 4 aromatic rings. The fourth-order valence-electron chi connectivity index (χ4n) is 2.72. The number of rotatable bonds is 5. The third-order valence-electron chi connectivity index (χ3n) is 4.05. The Kier molecular flexibility index (Phi) is 6.23. The van der Waals surface area contributed by atoms with Crippen molar-refractivity contribution in [2.45, 2.75) is 27.3 Å². The van der Waals surface area contributed by atoms with Crippen molar-refractivity contribution in [1.29, 1.82) is 0 Å². The third-order valence-corrected chi connectivity index (χ3v) is 4.05. The number of imidazole rings is 1. The van der Waals surface area contributed by atoms with Crippen LogP contribution in [-0.4, -0.2) is 20.9 Å². The van der Waals surface area contributed by atoms with Gasteiger partial charge in [-0.05, 0) is 30.7 Å². The molecule has 29 heavy (non-hydrogen) atoms. The lowest BCUT2D eigenvalue weighted by atomic mass is 10.2. The summed E-state index contributed by atoms with van der Waals surface area (Å²) >= 11 is 0. The predicted molar refractivity (Wildman–Crippen MR) is 110 cm³/mol. The maximum atomic E-state index is 14.3. The van der Waals surface area contributed by atoms with E-state index in [1.165, 1.54) is 6.07 Å². The third kappa shape index (κ3) is 4.43. The highest BCUT2D eigenvalue weighted by Crippen LogP contribution is 2.33. The molecule has 0 bridgehead atoms. The molecule has 1 aromatic carbocycles. The number of benzene rings is 1. The van der Waals surface area contributed by atoms with Gasteiger partial charge in [0.1, 0.15) is 22.9 Å². The van der Waals surface area contributed by atoms with Crippen molar-refractivity contribution < 1.29 is 13.6 Å². The number of H-pyrrole nitrogens is 1. The minimum absolute atomic E-state index is 0.0459. The molecule has 0 radical (unpaired) electrons. The van der Waals surface area contributed by atoms with Crippen LogP contribution in [0.2, 0.25) is 0 Å². The Hall–Kier alpha value is -3.68. The standard InChI is InChI=1S/C19H16FN5O2.C2H6/c1-11-2-3-14(13(20)8-11)25-17-12-9-21-5-4-15(12)27-18(17)19(26)24-10-16-22-6-7-23-16;1-2/h2-9,25H,10H2,1H3,(H,22,23)(H,24,26);1-2H3. The molecule has 150 valence electrons. The number of hydrogen-bond donors (Lipinski definition) is 3. The van der Waals surface area contributed by atoms with E-state index >= 15 is 0 Å². The van der Waals surface area contributed by atoms with Crippen molar-refractivity contribution >= 4 is 28.3 Å². The average molecular weight is 395 g/mol. The molecule has 3 heterocycles. The van der Waals surface area contributed by atoms with Crippen molar-refractivity contribution in [2.75, 3.05) is 5.32 Å². The van der Waals surface area contributed by atoms with Crippen LogP contribution < -0.4 is 10.6 Å². The van der Waals surface area contributed by atoms with Crippen LogP contribution in [-0.2, 0) is 6.54 Å². The maximum absolute atomic E-state index is 14.3. The van der Waals surface area contributed by atoms with Crippen molar-refractivity contribution in [3.8, 4) is 0 Å². The van der Waals surface area contributed by atoms with Crippen LogP contribution in [0.4, 0.5) is 15.8 Å². The Labute approximate surface area is 167 Å². The number of amides is 1. The van der Waals surface area contributed by atoms with Gasteiger partial charge in [-0.15, -0.1) is 0 Å². The molecule has 0 unspecified atom stereocenters. The van der Waals surface area contributed by atoms with Gasteiger partial charge in [0.25, 0.3) is 5.91 Å². The van der Waals surface area contributed by atoms with Crippen LogP contribution in [0.5, 0.6) is 0 Å². The summed E-state index contributed by atoms with van der Waals surface area (Å²) in [6.07, 6.45) is 6.40. The fourth-order valence-corrected chi connectivity index (χ4v) is 2.72. The number of aromatic nitrogens is 3. The Morgan fingerprint density at radius 1 is 1.24 bits per heavy atom. The monoisotopic (exact) mass is 395 g/mol. The summed E-state index contributed by atoms with van der Waals surface area (Å²) in [7, 11) is 0. The summed E-state index contributed by atoms with van der Waals surface area (Å²) in [4.78, 5) is 23.7. The highest BCUT2D eigenvalue weighted by atomic mass is 19.1. The van der Waals surface area contributed by atoms with E-state index < -0.39 is 11.7 Å². The van der Waals surface area contributed by atoms with Gasteiger partial charge in [0.15, 0.2) is 0 Å². The zero-order chi connectivity index (χ0) is 20.8. The molecule has 7 nitrogen and oxygen atoms in total. The van der Waals surface area contributed by atoms with E-state index in [0.29, 0.717) is 22.5 Å². The van der Waals surface area contributed by atoms with Crippen LogP contribution in [0.15, 0.2) is 53.5 Å². The topological polar surface area (TPSA) is 95.8 Å². The minimum atomic E-state index is -0.447. The Bertz CT molecular complexity index is 1110. The number of carbonyl (C=O) groups is 1. The van der Waals surface area contributed by atoms with E-state index in [1.807, 2.05) is 13.8 Å². The van der Waals surface area contributed by atoms with Crippen LogP contribution in [0.1, 0.15) is 35.8 Å². The second kappa shape index (κ2) is 9.01.